The van der Waals surface area contributed by atoms with Crippen molar-refractivity contribution in [2.45, 2.75) is 64.1 Å². The summed E-state index contributed by atoms with van der Waals surface area (Å²) in [5.74, 6) is 1.29. The van der Waals surface area contributed by atoms with Crippen molar-refractivity contribution in [2.24, 2.45) is 23.7 Å². The van der Waals surface area contributed by atoms with Gasteiger partial charge in [0.2, 0.25) is 5.79 Å². The molecule has 5 aliphatic rings. The van der Waals surface area contributed by atoms with Crippen LogP contribution >= 0.6 is 0 Å². The van der Waals surface area contributed by atoms with Gasteiger partial charge in [0.25, 0.3) is 0 Å². The molecule has 1 radical (unpaired) electrons. The Hall–Kier alpha value is 0.944. The van der Waals surface area contributed by atoms with Crippen LogP contribution in [0.5, 0.6) is 0 Å². The van der Waals surface area contributed by atoms with Gasteiger partial charge in [-0.05, 0) is 37.5 Å². The zero-order valence-corrected chi connectivity index (χ0v) is 15.3. The normalized spacial score (nSPS) is 57.5. The zero-order valence-electron chi connectivity index (χ0n) is 12.5. The second-order valence-electron chi connectivity index (χ2n) is 7.04. The van der Waals surface area contributed by atoms with Gasteiger partial charge in [-0.25, -0.2) is 16.4 Å². The Morgan fingerprint density at radius 2 is 1.85 bits per heavy atom. The molecule has 4 heterocycles. The minimum Gasteiger partial charge on any atom is -0.527 e. The molecule has 7 atom stereocenters. The number of ether oxygens (including phenoxy) is 2. The number of hydrogen-bond acceptors (Lipinski definition) is 4. The summed E-state index contributed by atoms with van der Waals surface area (Å²) in [6, 6.07) is 0. The van der Waals surface area contributed by atoms with E-state index in [0.29, 0.717) is 23.7 Å². The Bertz CT molecular complexity index is 392. The molecule has 2 bridgehead atoms. The second kappa shape index (κ2) is 5.24. The molecule has 20 heavy (non-hydrogen) atoms. The van der Waals surface area contributed by atoms with Gasteiger partial charge in [0.15, 0.2) is 11.9 Å². The van der Waals surface area contributed by atoms with Crippen LogP contribution in [0.15, 0.2) is 0 Å². The first-order valence-electron chi connectivity index (χ1n) is 7.59. The van der Waals surface area contributed by atoms with Crippen molar-refractivity contribution >= 4 is 0 Å². The van der Waals surface area contributed by atoms with E-state index in [4.69, 9.17) is 19.2 Å². The zero-order chi connectivity index (χ0) is 13.3. The summed E-state index contributed by atoms with van der Waals surface area (Å²) in [5.41, 5.74) is -0.401. The molecule has 5 rings (SSSR count). The van der Waals surface area contributed by atoms with E-state index >= 15 is 0 Å². The molecule has 4 unspecified atom stereocenters. The fraction of sp³-hybridized carbons (Fsp3) is 0.933. The largest absolute Gasteiger partial charge is 0.527 e. The average molecular weight is 356 g/mol. The summed E-state index contributed by atoms with van der Waals surface area (Å²) < 4.78 is 12.0. The monoisotopic (exact) mass is 356 g/mol. The van der Waals surface area contributed by atoms with Gasteiger partial charge in [-0.3, -0.25) is 0 Å². The van der Waals surface area contributed by atoms with E-state index in [9.17, 15) is 0 Å². The maximum Gasteiger partial charge on any atom is 0.201 e. The van der Waals surface area contributed by atoms with Crippen LogP contribution in [0.3, 0.4) is 0 Å². The predicted octanol–water partition coefficient (Wildman–Crippen LogP) is 3.03. The van der Waals surface area contributed by atoms with E-state index in [1.54, 1.807) is 0 Å². The Morgan fingerprint density at radius 3 is 2.65 bits per heavy atom. The quantitative estimate of drug-likeness (QED) is 0.494. The van der Waals surface area contributed by atoms with E-state index in [1.807, 2.05) is 13.5 Å². The van der Waals surface area contributed by atoms with Crippen LogP contribution in [0.2, 0.25) is 0 Å². The molecular formula is C15H23O4Y-. The third kappa shape index (κ3) is 2.02. The van der Waals surface area contributed by atoms with Crippen molar-refractivity contribution < 1.29 is 52.0 Å². The van der Waals surface area contributed by atoms with E-state index in [1.165, 1.54) is 12.8 Å². The number of hydrogen-bond donors (Lipinski definition) is 0. The summed E-state index contributed by atoms with van der Waals surface area (Å²) in [6.45, 7) is 8.45. The van der Waals surface area contributed by atoms with Crippen molar-refractivity contribution in [2.75, 3.05) is 0 Å². The topological polar surface area (TPSA) is 36.9 Å². The summed E-state index contributed by atoms with van der Waals surface area (Å²) >= 11 is 0. The Morgan fingerprint density at radius 1 is 1.05 bits per heavy atom. The van der Waals surface area contributed by atoms with Gasteiger partial charge in [-0.15, -0.1) is 5.92 Å². The maximum atomic E-state index is 6.12. The molecule has 1 aliphatic carbocycles. The minimum atomic E-state index is -0.647. The van der Waals surface area contributed by atoms with E-state index in [2.05, 4.69) is 13.8 Å². The average Bonchev–Trinajstić information content (AvgIpc) is 2.61. The third-order valence-electron chi connectivity index (χ3n) is 5.83. The Kier molecular flexibility index (Phi) is 4.15. The van der Waals surface area contributed by atoms with Gasteiger partial charge in [-0.2, -0.15) is 0 Å². The third-order valence-corrected chi connectivity index (χ3v) is 5.83. The fourth-order valence-electron chi connectivity index (χ4n) is 4.73. The van der Waals surface area contributed by atoms with Gasteiger partial charge < -0.3 is 9.47 Å². The van der Waals surface area contributed by atoms with Gasteiger partial charge in [0.1, 0.15) is 0 Å². The Labute approximate surface area is 146 Å². The van der Waals surface area contributed by atoms with E-state index in [-0.39, 0.29) is 39.0 Å². The predicted molar refractivity (Wildman–Crippen MR) is 67.3 cm³/mol. The minimum absolute atomic E-state index is 0. The molecule has 0 aromatic heterocycles. The molecule has 0 N–H and O–H groups in total. The van der Waals surface area contributed by atoms with E-state index in [0.717, 1.165) is 12.8 Å². The molecule has 4 nitrogen and oxygen atoms in total. The molecule has 4 aliphatic heterocycles. The number of fused-ring (bicyclic) bond motifs is 2. The van der Waals surface area contributed by atoms with Crippen LogP contribution < -0.4 is 0 Å². The van der Waals surface area contributed by atoms with Crippen molar-refractivity contribution in [3.05, 3.63) is 6.61 Å². The molecule has 0 amide bonds. The van der Waals surface area contributed by atoms with Crippen molar-refractivity contribution in [3.63, 3.8) is 0 Å². The second-order valence-corrected chi connectivity index (χ2v) is 7.04. The summed E-state index contributed by atoms with van der Waals surface area (Å²) in [6.07, 6.45) is 4.11. The standard InChI is InChI=1S/C15H23O4.Y/c1-9-4-5-11-10(2)8-16-13-15(11)12(9)6-7-14(3,17-13)18-19-15;/h8-13H,4-7H2,1-3H3;/q-1;/t9?,10-,11?,12?,13?,14+,15-;/m0./s1. The summed E-state index contributed by atoms with van der Waals surface area (Å²) in [4.78, 5) is 11.7. The molecular weight excluding hydrogens is 333 g/mol. The smallest absolute Gasteiger partial charge is 0.201 e. The van der Waals surface area contributed by atoms with Gasteiger partial charge in [-0.1, -0.05) is 20.3 Å². The summed E-state index contributed by atoms with van der Waals surface area (Å²) in [5, 5.41) is 0. The van der Waals surface area contributed by atoms with Crippen molar-refractivity contribution in [1.82, 2.24) is 0 Å². The molecule has 5 fully saturated rings. The van der Waals surface area contributed by atoms with Crippen LogP contribution in [0, 0.1) is 30.3 Å². The van der Waals surface area contributed by atoms with Crippen molar-refractivity contribution in [3.8, 4) is 0 Å². The van der Waals surface area contributed by atoms with Crippen LogP contribution in [-0.4, -0.2) is 17.7 Å². The van der Waals surface area contributed by atoms with Gasteiger partial charge >= 0.3 is 0 Å². The molecule has 0 aromatic rings. The molecule has 1 spiro atoms. The first-order chi connectivity index (χ1) is 9.05. The van der Waals surface area contributed by atoms with Gasteiger partial charge in [0, 0.05) is 39.1 Å². The first-order valence-corrected chi connectivity index (χ1v) is 7.59. The van der Waals surface area contributed by atoms with Crippen molar-refractivity contribution in [1.29, 1.82) is 0 Å². The SMILES string of the molecule is CC1CCC2[C@@H](C)[CH-]OC3O[C@@]4(C)CCC1[C@]32OO4.[Y]. The summed E-state index contributed by atoms with van der Waals surface area (Å²) in [7, 11) is 0. The van der Waals surface area contributed by atoms with Crippen LogP contribution in [0.4, 0.5) is 0 Å². The fourth-order valence-corrected chi connectivity index (χ4v) is 4.73. The Balaban J connectivity index is 0.00000121. The molecule has 4 saturated heterocycles. The molecule has 1 saturated carbocycles. The first kappa shape index (κ1) is 15.8. The van der Waals surface area contributed by atoms with Crippen LogP contribution in [0.25, 0.3) is 0 Å². The molecule has 111 valence electrons. The van der Waals surface area contributed by atoms with E-state index < -0.39 is 11.4 Å². The molecule has 0 aromatic carbocycles. The number of rotatable bonds is 0. The molecule has 5 heteroatoms. The maximum absolute atomic E-state index is 6.12. The van der Waals surface area contributed by atoms with Crippen LogP contribution in [0.1, 0.15) is 46.5 Å². The van der Waals surface area contributed by atoms with Gasteiger partial charge in [0.05, 0.1) is 0 Å². The van der Waals surface area contributed by atoms with Crippen LogP contribution in [-0.2, 0) is 52.0 Å².